The minimum atomic E-state index is -0.782. The summed E-state index contributed by atoms with van der Waals surface area (Å²) in [5.74, 6) is 0. The van der Waals surface area contributed by atoms with Crippen molar-refractivity contribution in [3.63, 3.8) is 0 Å². The lowest BCUT2D eigenvalue weighted by molar-refractivity contribution is -0.759. The smallest absolute Gasteiger partial charge is 0.294 e. The fraction of sp³-hybridized carbons (Fsp3) is 0.583. The Morgan fingerprint density at radius 2 is 2.18 bits per heavy atom. The molecule has 0 aromatic rings. The van der Waals surface area contributed by atoms with Gasteiger partial charge in [-0.05, 0) is 13.0 Å². The molecule has 0 fully saturated rings. The summed E-state index contributed by atoms with van der Waals surface area (Å²) in [5, 5.41) is 9.41. The highest BCUT2D eigenvalue weighted by Crippen LogP contribution is 2.29. The van der Waals surface area contributed by atoms with Gasteiger partial charge in [0.2, 0.25) is 0 Å². The fourth-order valence-electron chi connectivity index (χ4n) is 1.38. The second-order valence-corrected chi connectivity index (χ2v) is 5.42. The van der Waals surface area contributed by atoms with E-state index in [1.807, 2.05) is 25.2 Å². The first-order valence-corrected chi connectivity index (χ1v) is 5.45. The molecule has 0 radical (unpaired) electrons. The molecule has 5 heteroatoms. The summed E-state index contributed by atoms with van der Waals surface area (Å²) in [6, 6.07) is 0. The Kier molecular flexibility index (Phi) is 3.70. The van der Waals surface area contributed by atoms with Crippen LogP contribution in [0, 0.1) is 20.9 Å². The Bertz CT molecular complexity index is 391. The Morgan fingerprint density at radius 1 is 1.53 bits per heavy atom. The van der Waals surface area contributed by atoms with Crippen LogP contribution in [0.25, 0.3) is 0 Å². The lowest BCUT2D eigenvalue weighted by Crippen LogP contribution is -2.24. The summed E-state index contributed by atoms with van der Waals surface area (Å²) in [6.45, 7) is 8.03. The first-order valence-electron chi connectivity index (χ1n) is 5.45. The molecule has 1 atom stereocenters. The highest BCUT2D eigenvalue weighted by Gasteiger charge is 2.24. The van der Waals surface area contributed by atoms with Crippen LogP contribution in [0.5, 0.6) is 0 Å². The van der Waals surface area contributed by atoms with Crippen molar-refractivity contribution in [3.05, 3.63) is 34.0 Å². The van der Waals surface area contributed by atoms with Gasteiger partial charge in [-0.15, -0.1) is 10.1 Å². The van der Waals surface area contributed by atoms with E-state index in [2.05, 4.69) is 30.6 Å². The third-order valence-corrected chi connectivity index (χ3v) is 2.48. The highest BCUT2D eigenvalue weighted by atomic mass is 16.9. The molecule has 1 aliphatic rings. The van der Waals surface area contributed by atoms with Gasteiger partial charge in [0.05, 0.1) is 0 Å². The summed E-state index contributed by atoms with van der Waals surface area (Å²) in [5.41, 5.74) is 0.352. The van der Waals surface area contributed by atoms with Crippen LogP contribution in [-0.2, 0) is 4.84 Å². The highest BCUT2D eigenvalue weighted by molar-refractivity contribution is 5.70. The number of aliphatic imine (C=N–C) groups is 1. The molecule has 0 spiro atoms. The van der Waals surface area contributed by atoms with Gasteiger partial charge in [0.1, 0.15) is 6.61 Å². The van der Waals surface area contributed by atoms with E-state index in [1.54, 1.807) is 6.21 Å². The molecule has 0 saturated carbocycles. The van der Waals surface area contributed by atoms with E-state index in [9.17, 15) is 10.1 Å². The quantitative estimate of drug-likeness (QED) is 0.561. The van der Waals surface area contributed by atoms with E-state index in [4.69, 9.17) is 0 Å². The van der Waals surface area contributed by atoms with Crippen molar-refractivity contribution in [1.82, 2.24) is 0 Å². The van der Waals surface area contributed by atoms with Gasteiger partial charge < -0.3 is 4.84 Å². The van der Waals surface area contributed by atoms with Crippen LogP contribution in [0.15, 0.2) is 28.9 Å². The average Bonchev–Trinajstić information content (AvgIpc) is 2.37. The zero-order valence-electron chi connectivity index (χ0n) is 10.6. The third-order valence-electron chi connectivity index (χ3n) is 2.48. The molecule has 5 nitrogen and oxygen atoms in total. The van der Waals surface area contributed by atoms with E-state index in [0.29, 0.717) is 0 Å². The third kappa shape index (κ3) is 4.01. The molecule has 0 saturated heterocycles. The summed E-state index contributed by atoms with van der Waals surface area (Å²) in [4.78, 5) is 19.0. The second kappa shape index (κ2) is 4.69. The minimum Gasteiger partial charge on any atom is -0.313 e. The molecule has 0 aromatic heterocycles. The Hall–Kier alpha value is -1.65. The molecule has 0 aromatic carbocycles. The van der Waals surface area contributed by atoms with Crippen molar-refractivity contribution < 1.29 is 9.92 Å². The van der Waals surface area contributed by atoms with Crippen LogP contribution in [0.3, 0.4) is 0 Å². The first-order chi connectivity index (χ1) is 7.73. The van der Waals surface area contributed by atoms with Gasteiger partial charge in [0, 0.05) is 22.7 Å². The predicted molar refractivity (Wildman–Crippen MR) is 66.2 cm³/mol. The molecule has 0 bridgehead atoms. The summed E-state index contributed by atoms with van der Waals surface area (Å²) < 4.78 is 0. The van der Waals surface area contributed by atoms with Gasteiger partial charge in [-0.1, -0.05) is 32.9 Å². The van der Waals surface area contributed by atoms with Gasteiger partial charge in [-0.2, -0.15) is 0 Å². The minimum absolute atomic E-state index is 0.0226. The molecule has 94 valence electrons. The molecule has 0 aliphatic carbocycles. The van der Waals surface area contributed by atoms with Gasteiger partial charge in [0.25, 0.3) is 5.09 Å². The molecule has 1 aliphatic heterocycles. The van der Waals surface area contributed by atoms with Crippen LogP contribution < -0.4 is 0 Å². The molecular formula is C12H18N2O3. The van der Waals surface area contributed by atoms with E-state index in [-0.39, 0.29) is 12.0 Å². The van der Waals surface area contributed by atoms with Gasteiger partial charge >= 0.3 is 0 Å². The molecular weight excluding hydrogens is 220 g/mol. The zero-order chi connectivity index (χ0) is 13.1. The normalized spacial score (nSPS) is 24.1. The lowest BCUT2D eigenvalue weighted by atomic mass is 9.92. The summed E-state index contributed by atoms with van der Waals surface area (Å²) in [6.07, 6.45) is 7.36. The predicted octanol–water partition coefficient (Wildman–Crippen LogP) is 2.77. The van der Waals surface area contributed by atoms with Crippen molar-refractivity contribution in [3.8, 4) is 0 Å². The number of allylic oxidation sites excluding steroid dienone is 3. The van der Waals surface area contributed by atoms with Crippen LogP contribution in [0.4, 0.5) is 0 Å². The van der Waals surface area contributed by atoms with Crippen molar-refractivity contribution in [2.45, 2.75) is 27.7 Å². The number of hydrogen-bond donors (Lipinski definition) is 0. The molecule has 1 rings (SSSR count). The maximum absolute atomic E-state index is 10.2. The van der Waals surface area contributed by atoms with E-state index < -0.39 is 10.5 Å². The fourth-order valence-corrected chi connectivity index (χ4v) is 1.38. The van der Waals surface area contributed by atoms with Crippen molar-refractivity contribution >= 4 is 6.21 Å². The van der Waals surface area contributed by atoms with Crippen molar-refractivity contribution in [2.24, 2.45) is 15.8 Å². The molecule has 0 N–H and O–H groups in total. The van der Waals surface area contributed by atoms with E-state index in [1.165, 1.54) is 0 Å². The Labute approximate surface area is 101 Å². The van der Waals surface area contributed by atoms with Crippen LogP contribution in [0.1, 0.15) is 27.7 Å². The largest absolute Gasteiger partial charge is 0.313 e. The van der Waals surface area contributed by atoms with Gasteiger partial charge in [-0.25, -0.2) is 0 Å². The topological polar surface area (TPSA) is 64.7 Å². The van der Waals surface area contributed by atoms with E-state index in [0.717, 1.165) is 5.70 Å². The summed E-state index contributed by atoms with van der Waals surface area (Å²) in [7, 11) is 0. The maximum Gasteiger partial charge on any atom is 0.294 e. The van der Waals surface area contributed by atoms with Crippen LogP contribution >= 0.6 is 0 Å². The lowest BCUT2D eigenvalue weighted by Gasteiger charge is -2.20. The Balaban J connectivity index is 2.81. The van der Waals surface area contributed by atoms with Crippen molar-refractivity contribution in [1.29, 1.82) is 0 Å². The standard InChI is InChI=1S/C12H18N2O3/c1-11(2,3)10-6-5-7-12(4,8-13-10)9-17-14(15)16/h5-8H,9H2,1-4H3. The van der Waals surface area contributed by atoms with E-state index >= 15 is 0 Å². The number of rotatable bonds is 3. The Morgan fingerprint density at radius 3 is 2.71 bits per heavy atom. The van der Waals surface area contributed by atoms with Crippen LogP contribution in [-0.4, -0.2) is 17.9 Å². The zero-order valence-corrected chi connectivity index (χ0v) is 10.6. The first kappa shape index (κ1) is 13.4. The van der Waals surface area contributed by atoms with Gasteiger partial charge in [-0.3, -0.25) is 4.99 Å². The molecule has 1 heterocycles. The maximum atomic E-state index is 10.2. The van der Waals surface area contributed by atoms with Gasteiger partial charge in [0.15, 0.2) is 0 Å². The molecule has 1 unspecified atom stereocenters. The monoisotopic (exact) mass is 238 g/mol. The molecule has 0 amide bonds. The number of hydrogen-bond acceptors (Lipinski definition) is 4. The second-order valence-electron chi connectivity index (χ2n) is 5.42. The molecule has 17 heavy (non-hydrogen) atoms. The van der Waals surface area contributed by atoms with Crippen LogP contribution in [0.2, 0.25) is 0 Å². The average molecular weight is 238 g/mol. The van der Waals surface area contributed by atoms with Crippen molar-refractivity contribution in [2.75, 3.05) is 6.61 Å². The number of nitrogens with zero attached hydrogens (tertiary/aromatic N) is 2. The summed E-state index contributed by atoms with van der Waals surface area (Å²) >= 11 is 0. The SMILES string of the molecule is CC1(CO[N+](=O)[O-])C=CC=C(C(C)(C)C)N=C1.